The number of sulfonamides is 1. The molecule has 1 aliphatic carbocycles. The van der Waals surface area contributed by atoms with Crippen molar-refractivity contribution >= 4 is 20.9 Å². The number of para-hydroxylation sites is 1. The Labute approximate surface area is 168 Å². The fourth-order valence-corrected chi connectivity index (χ4v) is 6.17. The molecule has 3 aromatic rings. The SMILES string of the molecule is O=c1c2ccccc2nc(C2CCCN2S(=O)(=O)c2cnoc2)n1C1CCCC1. The number of hydrogen-bond acceptors (Lipinski definition) is 6. The lowest BCUT2D eigenvalue weighted by molar-refractivity contribution is 0.351. The van der Waals surface area contributed by atoms with E-state index in [1.807, 2.05) is 18.2 Å². The smallest absolute Gasteiger partial charge is 0.261 e. The topological polar surface area (TPSA) is 98.3 Å². The van der Waals surface area contributed by atoms with E-state index >= 15 is 0 Å². The van der Waals surface area contributed by atoms with E-state index in [-0.39, 0.29) is 16.5 Å². The number of nitrogens with zero attached hydrogens (tertiary/aromatic N) is 4. The Morgan fingerprint density at radius 2 is 1.86 bits per heavy atom. The van der Waals surface area contributed by atoms with Gasteiger partial charge in [-0.2, -0.15) is 4.31 Å². The Hall–Kier alpha value is -2.52. The van der Waals surface area contributed by atoms with Gasteiger partial charge < -0.3 is 4.52 Å². The minimum absolute atomic E-state index is 0.0277. The van der Waals surface area contributed by atoms with Crippen molar-refractivity contribution in [2.24, 2.45) is 0 Å². The van der Waals surface area contributed by atoms with Gasteiger partial charge in [0.25, 0.3) is 5.56 Å². The molecule has 5 rings (SSSR count). The molecule has 3 heterocycles. The van der Waals surface area contributed by atoms with Gasteiger partial charge in [-0.15, -0.1) is 0 Å². The molecule has 9 heteroatoms. The molecular formula is C20H22N4O4S. The molecule has 1 unspecified atom stereocenters. The molecule has 0 radical (unpaired) electrons. The second kappa shape index (κ2) is 7.07. The second-order valence-corrected chi connectivity index (χ2v) is 9.63. The Morgan fingerprint density at radius 3 is 2.62 bits per heavy atom. The van der Waals surface area contributed by atoms with Gasteiger partial charge in [-0.25, -0.2) is 13.4 Å². The highest BCUT2D eigenvalue weighted by Gasteiger charge is 2.40. The standard InChI is InChI=1S/C20H22N4O4S/c25-20-16-8-3-4-9-17(16)22-19(24(20)14-6-1-2-7-14)18-10-5-11-23(18)29(26,27)15-12-21-28-13-15/h3-4,8-9,12-14,18H,1-2,5-7,10-11H2. The summed E-state index contributed by atoms with van der Waals surface area (Å²) in [6.45, 7) is 0.380. The van der Waals surface area contributed by atoms with E-state index in [1.165, 1.54) is 10.5 Å². The number of rotatable bonds is 4. The average Bonchev–Trinajstić information content (AvgIpc) is 3.50. The van der Waals surface area contributed by atoms with Crippen molar-refractivity contribution in [3.8, 4) is 0 Å². The predicted octanol–water partition coefficient (Wildman–Crippen LogP) is 3.03. The molecule has 2 fully saturated rings. The van der Waals surface area contributed by atoms with Crippen LogP contribution < -0.4 is 5.56 Å². The van der Waals surface area contributed by atoms with Crippen molar-refractivity contribution in [2.45, 2.75) is 55.5 Å². The van der Waals surface area contributed by atoms with Crippen LogP contribution in [-0.2, 0) is 10.0 Å². The molecule has 8 nitrogen and oxygen atoms in total. The Kier molecular flexibility index (Phi) is 4.51. The summed E-state index contributed by atoms with van der Waals surface area (Å²) in [6.07, 6.45) is 7.65. The largest absolute Gasteiger partial charge is 0.363 e. The van der Waals surface area contributed by atoms with Gasteiger partial charge in [0, 0.05) is 12.6 Å². The second-order valence-electron chi connectivity index (χ2n) is 7.73. The molecule has 0 N–H and O–H groups in total. The number of aromatic nitrogens is 3. The van der Waals surface area contributed by atoms with Crippen LogP contribution in [0.3, 0.4) is 0 Å². The Bertz CT molecular complexity index is 1200. The lowest BCUT2D eigenvalue weighted by Crippen LogP contribution is -2.36. The maximum Gasteiger partial charge on any atom is 0.261 e. The Balaban J connectivity index is 1.69. The zero-order valence-corrected chi connectivity index (χ0v) is 16.7. The highest BCUT2D eigenvalue weighted by atomic mass is 32.2. The summed E-state index contributed by atoms with van der Waals surface area (Å²) in [6, 6.07) is 6.87. The number of benzene rings is 1. The third-order valence-electron chi connectivity index (χ3n) is 6.04. The summed E-state index contributed by atoms with van der Waals surface area (Å²) < 4.78 is 34.3. The summed E-state index contributed by atoms with van der Waals surface area (Å²) >= 11 is 0. The lowest BCUT2D eigenvalue weighted by Gasteiger charge is -2.27. The van der Waals surface area contributed by atoms with Gasteiger partial charge >= 0.3 is 0 Å². The van der Waals surface area contributed by atoms with Gasteiger partial charge in [-0.3, -0.25) is 9.36 Å². The first-order valence-electron chi connectivity index (χ1n) is 10.00. The first kappa shape index (κ1) is 18.5. The fraction of sp³-hybridized carbons (Fsp3) is 0.450. The van der Waals surface area contributed by atoms with Crippen LogP contribution in [0.15, 0.2) is 50.9 Å². The molecule has 0 bridgehead atoms. The molecule has 1 saturated heterocycles. The van der Waals surface area contributed by atoms with Crippen LogP contribution in [0.4, 0.5) is 0 Å². The van der Waals surface area contributed by atoms with Crippen LogP contribution >= 0.6 is 0 Å². The molecular weight excluding hydrogens is 392 g/mol. The molecule has 1 aromatic carbocycles. The van der Waals surface area contributed by atoms with Crippen LogP contribution in [0.25, 0.3) is 10.9 Å². The molecule has 2 aliphatic rings. The monoisotopic (exact) mass is 414 g/mol. The van der Waals surface area contributed by atoms with Crippen molar-refractivity contribution in [3.05, 3.63) is 52.9 Å². The third kappa shape index (κ3) is 3.00. The van der Waals surface area contributed by atoms with Crippen molar-refractivity contribution < 1.29 is 12.9 Å². The lowest BCUT2D eigenvalue weighted by atomic mass is 10.1. The molecule has 1 atom stereocenters. The normalized spacial score (nSPS) is 21.3. The quantitative estimate of drug-likeness (QED) is 0.651. The first-order chi connectivity index (χ1) is 14.1. The summed E-state index contributed by atoms with van der Waals surface area (Å²) in [5.41, 5.74) is 0.530. The van der Waals surface area contributed by atoms with E-state index in [1.54, 1.807) is 10.6 Å². The van der Waals surface area contributed by atoms with Crippen LogP contribution in [0.5, 0.6) is 0 Å². The maximum atomic E-state index is 13.4. The van der Waals surface area contributed by atoms with Gasteiger partial charge in [0.1, 0.15) is 17.0 Å². The molecule has 1 aliphatic heterocycles. The van der Waals surface area contributed by atoms with Crippen LogP contribution in [0.2, 0.25) is 0 Å². The van der Waals surface area contributed by atoms with Gasteiger partial charge in [0.15, 0.2) is 0 Å². The molecule has 152 valence electrons. The highest BCUT2D eigenvalue weighted by Crippen LogP contribution is 2.38. The molecule has 0 amide bonds. The fourth-order valence-electron chi connectivity index (χ4n) is 4.66. The van der Waals surface area contributed by atoms with E-state index in [4.69, 9.17) is 9.51 Å². The summed E-state index contributed by atoms with van der Waals surface area (Å²) in [5.74, 6) is 0.554. The van der Waals surface area contributed by atoms with Crippen molar-refractivity contribution in [2.75, 3.05) is 6.54 Å². The maximum absolute atomic E-state index is 13.4. The third-order valence-corrected chi connectivity index (χ3v) is 7.89. The van der Waals surface area contributed by atoms with Gasteiger partial charge in [0.05, 0.1) is 23.1 Å². The van der Waals surface area contributed by atoms with E-state index in [9.17, 15) is 13.2 Å². The summed E-state index contributed by atoms with van der Waals surface area (Å²) in [7, 11) is -3.78. The number of fused-ring (bicyclic) bond motifs is 1. The zero-order valence-electron chi connectivity index (χ0n) is 15.9. The minimum atomic E-state index is -3.78. The summed E-state index contributed by atoms with van der Waals surface area (Å²) in [5, 5.41) is 4.12. The zero-order chi connectivity index (χ0) is 20.0. The Morgan fingerprint density at radius 1 is 1.07 bits per heavy atom. The minimum Gasteiger partial charge on any atom is -0.363 e. The summed E-state index contributed by atoms with van der Waals surface area (Å²) in [4.78, 5) is 18.3. The average molecular weight is 414 g/mol. The van der Waals surface area contributed by atoms with Crippen LogP contribution in [0.1, 0.15) is 56.4 Å². The predicted molar refractivity (Wildman–Crippen MR) is 106 cm³/mol. The van der Waals surface area contributed by atoms with E-state index < -0.39 is 16.1 Å². The van der Waals surface area contributed by atoms with Gasteiger partial charge in [0.2, 0.25) is 10.0 Å². The van der Waals surface area contributed by atoms with Crippen molar-refractivity contribution in [1.82, 2.24) is 19.0 Å². The van der Waals surface area contributed by atoms with E-state index in [0.29, 0.717) is 36.1 Å². The number of hydrogen-bond donors (Lipinski definition) is 0. The van der Waals surface area contributed by atoms with Crippen LogP contribution in [0, 0.1) is 0 Å². The molecule has 2 aromatic heterocycles. The van der Waals surface area contributed by atoms with Crippen molar-refractivity contribution in [3.63, 3.8) is 0 Å². The van der Waals surface area contributed by atoms with Crippen LogP contribution in [-0.4, -0.2) is 34.0 Å². The van der Waals surface area contributed by atoms with Crippen molar-refractivity contribution in [1.29, 1.82) is 0 Å². The first-order valence-corrected chi connectivity index (χ1v) is 11.4. The van der Waals surface area contributed by atoms with E-state index in [0.717, 1.165) is 31.9 Å². The molecule has 29 heavy (non-hydrogen) atoms. The highest BCUT2D eigenvalue weighted by molar-refractivity contribution is 7.89. The molecule has 0 spiro atoms. The van der Waals surface area contributed by atoms with E-state index in [2.05, 4.69) is 5.16 Å². The van der Waals surface area contributed by atoms with Gasteiger partial charge in [-0.1, -0.05) is 30.1 Å². The van der Waals surface area contributed by atoms with Gasteiger partial charge in [-0.05, 0) is 37.8 Å². The molecule has 1 saturated carbocycles.